The number of rotatable bonds is 2. The van der Waals surface area contributed by atoms with Crippen LogP contribution in [0.4, 0.5) is 0 Å². The smallest absolute Gasteiger partial charge is 0.0692 e. The molecule has 0 aliphatic carbocycles. The number of aromatic nitrogens is 3. The molecule has 0 aromatic carbocycles. The van der Waals surface area contributed by atoms with Crippen LogP contribution in [0.15, 0.2) is 12.4 Å². The molecule has 3 nitrogen and oxygen atoms in total. The Morgan fingerprint density at radius 1 is 1.56 bits per heavy atom. The zero-order valence-corrected chi connectivity index (χ0v) is 7.10. The van der Waals surface area contributed by atoms with Crippen LogP contribution in [-0.2, 0) is 6.54 Å². The molecule has 9 heavy (non-hydrogen) atoms. The van der Waals surface area contributed by atoms with E-state index in [4.69, 9.17) is 0 Å². The molecular weight excluding hydrogens is 205 g/mol. The van der Waals surface area contributed by atoms with Crippen molar-refractivity contribution in [3.63, 3.8) is 0 Å². The third kappa shape index (κ3) is 2.81. The lowest BCUT2D eigenvalue weighted by molar-refractivity contribution is 0.634. The molecule has 0 amide bonds. The molecule has 1 heterocycles. The minimum atomic E-state index is 0. The van der Waals surface area contributed by atoms with Gasteiger partial charge in [-0.3, -0.25) is 4.68 Å². The monoisotopic (exact) mass is 211 g/mol. The summed E-state index contributed by atoms with van der Waals surface area (Å²) in [6.07, 6.45) is 3.50. The summed E-state index contributed by atoms with van der Waals surface area (Å²) in [5.74, 6) is 0. The first-order valence-corrected chi connectivity index (χ1v) is 3.45. The van der Waals surface area contributed by atoms with Crippen molar-refractivity contribution in [2.45, 2.75) is 6.54 Å². The minimum absolute atomic E-state index is 0. The molecule has 0 atom stereocenters. The van der Waals surface area contributed by atoms with Crippen molar-refractivity contribution in [3.05, 3.63) is 12.4 Å². The second-order valence-corrected chi connectivity index (χ2v) is 2.15. The molecule has 5 heteroatoms. The molecule has 0 fully saturated rings. The Hall–Kier alpha value is -0.0900. The fourth-order valence-corrected chi connectivity index (χ4v) is 0.802. The molecule has 0 saturated heterocycles. The van der Waals surface area contributed by atoms with Gasteiger partial charge < -0.3 is 0 Å². The fourth-order valence-electron chi connectivity index (χ4n) is 0.439. The normalized spacial score (nSPS) is 8.56. The SMILES string of the molecule is BrCCn1ccnn1.Cl. The van der Waals surface area contributed by atoms with Crippen LogP contribution < -0.4 is 0 Å². The van der Waals surface area contributed by atoms with Gasteiger partial charge in [0.25, 0.3) is 0 Å². The van der Waals surface area contributed by atoms with Crippen LogP contribution in [0, 0.1) is 0 Å². The summed E-state index contributed by atoms with van der Waals surface area (Å²) >= 11 is 3.28. The molecule has 1 aromatic rings. The first-order valence-electron chi connectivity index (χ1n) is 2.33. The summed E-state index contributed by atoms with van der Waals surface area (Å²) in [5, 5.41) is 8.30. The lowest BCUT2D eigenvalue weighted by Gasteiger charge is -1.89. The molecule has 0 saturated carbocycles. The van der Waals surface area contributed by atoms with Crippen molar-refractivity contribution < 1.29 is 0 Å². The Labute approximate surface area is 68.0 Å². The zero-order valence-electron chi connectivity index (χ0n) is 4.70. The van der Waals surface area contributed by atoms with E-state index in [0.29, 0.717) is 0 Å². The Morgan fingerprint density at radius 3 is 2.78 bits per heavy atom. The van der Waals surface area contributed by atoms with E-state index in [1.807, 2.05) is 6.20 Å². The summed E-state index contributed by atoms with van der Waals surface area (Å²) in [4.78, 5) is 0. The predicted molar refractivity (Wildman–Crippen MR) is 41.1 cm³/mol. The third-order valence-electron chi connectivity index (χ3n) is 0.786. The van der Waals surface area contributed by atoms with Crippen LogP contribution in [-0.4, -0.2) is 20.3 Å². The van der Waals surface area contributed by atoms with Gasteiger partial charge in [0.05, 0.1) is 12.7 Å². The van der Waals surface area contributed by atoms with Crippen LogP contribution in [0.2, 0.25) is 0 Å². The molecule has 0 aliphatic heterocycles. The van der Waals surface area contributed by atoms with Gasteiger partial charge in [0.15, 0.2) is 0 Å². The maximum absolute atomic E-state index is 3.74. The average molecular weight is 212 g/mol. The number of aryl methyl sites for hydroxylation is 1. The highest BCUT2D eigenvalue weighted by atomic mass is 79.9. The first kappa shape index (κ1) is 8.91. The summed E-state index contributed by atoms with van der Waals surface area (Å²) in [7, 11) is 0. The second kappa shape index (κ2) is 4.76. The molecule has 0 unspecified atom stereocenters. The molecule has 0 N–H and O–H groups in total. The van der Waals surface area contributed by atoms with Crippen molar-refractivity contribution in [1.82, 2.24) is 15.0 Å². The fraction of sp³-hybridized carbons (Fsp3) is 0.500. The van der Waals surface area contributed by atoms with Crippen molar-refractivity contribution in [3.8, 4) is 0 Å². The van der Waals surface area contributed by atoms with Crippen molar-refractivity contribution in [2.75, 3.05) is 5.33 Å². The second-order valence-electron chi connectivity index (χ2n) is 1.36. The lowest BCUT2D eigenvalue weighted by atomic mass is 10.7. The standard InChI is InChI=1S/C4H6BrN3.ClH/c5-1-3-8-4-2-6-7-8;/h2,4H,1,3H2;1H. The highest BCUT2D eigenvalue weighted by molar-refractivity contribution is 9.09. The van der Waals surface area contributed by atoms with Gasteiger partial charge in [-0.15, -0.1) is 17.5 Å². The molecule has 1 aromatic heterocycles. The van der Waals surface area contributed by atoms with Crippen LogP contribution >= 0.6 is 28.3 Å². The van der Waals surface area contributed by atoms with E-state index in [-0.39, 0.29) is 12.4 Å². The number of alkyl halides is 1. The maximum Gasteiger partial charge on any atom is 0.0692 e. The van der Waals surface area contributed by atoms with Gasteiger partial charge in [-0.25, -0.2) is 0 Å². The van der Waals surface area contributed by atoms with Gasteiger partial charge in [-0.05, 0) is 0 Å². The molecule has 52 valence electrons. The summed E-state index contributed by atoms with van der Waals surface area (Å²) in [5.41, 5.74) is 0. The van der Waals surface area contributed by atoms with Gasteiger partial charge >= 0.3 is 0 Å². The molecule has 0 aliphatic rings. The molecule has 0 bridgehead atoms. The van der Waals surface area contributed by atoms with E-state index >= 15 is 0 Å². The highest BCUT2D eigenvalue weighted by Crippen LogP contribution is 1.84. The maximum atomic E-state index is 3.74. The van der Waals surface area contributed by atoms with E-state index in [1.54, 1.807) is 10.9 Å². The number of hydrogen-bond acceptors (Lipinski definition) is 2. The Bertz CT molecular complexity index is 142. The van der Waals surface area contributed by atoms with Gasteiger partial charge in [0.2, 0.25) is 0 Å². The van der Waals surface area contributed by atoms with Crippen LogP contribution in [0.25, 0.3) is 0 Å². The Kier molecular flexibility index (Phi) is 4.71. The quantitative estimate of drug-likeness (QED) is 0.687. The van der Waals surface area contributed by atoms with Gasteiger partial charge in [0, 0.05) is 11.5 Å². The van der Waals surface area contributed by atoms with Gasteiger partial charge in [-0.2, -0.15) is 0 Å². The first-order chi connectivity index (χ1) is 3.93. The van der Waals surface area contributed by atoms with Crippen LogP contribution in [0.5, 0.6) is 0 Å². The van der Waals surface area contributed by atoms with Gasteiger partial charge in [0.1, 0.15) is 0 Å². The topological polar surface area (TPSA) is 30.7 Å². The Balaban J connectivity index is 0.000000640. The predicted octanol–water partition coefficient (Wildman–Crippen LogP) is 1.09. The zero-order chi connectivity index (χ0) is 5.82. The minimum Gasteiger partial charge on any atom is -0.252 e. The number of nitrogens with zero attached hydrogens (tertiary/aromatic N) is 3. The van der Waals surface area contributed by atoms with E-state index in [0.717, 1.165) is 11.9 Å². The molecule has 0 spiro atoms. The van der Waals surface area contributed by atoms with Crippen molar-refractivity contribution >= 4 is 28.3 Å². The summed E-state index contributed by atoms with van der Waals surface area (Å²) < 4.78 is 1.77. The average Bonchev–Trinajstić information content (AvgIpc) is 2.19. The van der Waals surface area contributed by atoms with Crippen LogP contribution in [0.3, 0.4) is 0 Å². The van der Waals surface area contributed by atoms with E-state index in [9.17, 15) is 0 Å². The molecule has 1 rings (SSSR count). The van der Waals surface area contributed by atoms with E-state index < -0.39 is 0 Å². The summed E-state index contributed by atoms with van der Waals surface area (Å²) in [6.45, 7) is 0.889. The lowest BCUT2D eigenvalue weighted by Crippen LogP contribution is -1.98. The highest BCUT2D eigenvalue weighted by Gasteiger charge is 1.84. The number of hydrogen-bond donors (Lipinski definition) is 0. The van der Waals surface area contributed by atoms with E-state index in [1.165, 1.54) is 0 Å². The molecule has 0 radical (unpaired) electrons. The molecular formula is C4H7BrClN3. The van der Waals surface area contributed by atoms with E-state index in [2.05, 4.69) is 26.2 Å². The van der Waals surface area contributed by atoms with Gasteiger partial charge in [-0.1, -0.05) is 21.1 Å². The third-order valence-corrected chi connectivity index (χ3v) is 1.14. The van der Waals surface area contributed by atoms with Crippen molar-refractivity contribution in [1.29, 1.82) is 0 Å². The Morgan fingerprint density at radius 2 is 2.33 bits per heavy atom. The number of halogens is 2. The van der Waals surface area contributed by atoms with Crippen molar-refractivity contribution in [2.24, 2.45) is 0 Å². The largest absolute Gasteiger partial charge is 0.252 e. The van der Waals surface area contributed by atoms with Crippen LogP contribution in [0.1, 0.15) is 0 Å². The summed E-state index contributed by atoms with van der Waals surface area (Å²) in [6, 6.07) is 0.